The van der Waals surface area contributed by atoms with Crippen LogP contribution in [0.4, 0.5) is 0 Å². The normalized spacial score (nSPS) is 12.4. The third-order valence-electron chi connectivity index (χ3n) is 2.76. The molecule has 0 bridgehead atoms. The second kappa shape index (κ2) is 7.56. The summed E-state index contributed by atoms with van der Waals surface area (Å²) in [6.45, 7) is 0. The molecule has 0 N–H and O–H groups in total. The Labute approximate surface area is 142 Å². The predicted molar refractivity (Wildman–Crippen MR) is 61.3 cm³/mol. The molecule has 0 saturated heterocycles. The van der Waals surface area contributed by atoms with Crippen LogP contribution in [0.15, 0.2) is 54.6 Å². The minimum absolute atomic E-state index is 0. The molecule has 1 radical (unpaired) electrons. The van der Waals surface area contributed by atoms with Gasteiger partial charge in [-0.25, -0.2) is 0 Å². The molecule has 2 aromatic rings. The maximum Gasteiger partial charge on any atom is 3.00 e. The standard InChI is InChI=1S/C14H11.2BrH.Zr/c1-2-6-11(5-1)14-9-12-7-3-4-8-13(12)10-14;;;/h1-5,7-10H,6H2;2*1H;/q-1;;;+3/p-2. The van der Waals surface area contributed by atoms with E-state index in [0.29, 0.717) is 0 Å². The van der Waals surface area contributed by atoms with Crippen molar-refractivity contribution in [3.05, 3.63) is 60.2 Å². The van der Waals surface area contributed by atoms with Crippen LogP contribution in [0.5, 0.6) is 0 Å². The first-order valence-corrected chi connectivity index (χ1v) is 4.95. The third kappa shape index (κ3) is 3.56. The van der Waals surface area contributed by atoms with Gasteiger partial charge in [0, 0.05) is 0 Å². The number of rotatable bonds is 1. The van der Waals surface area contributed by atoms with Gasteiger partial charge in [-0.3, -0.25) is 0 Å². The minimum atomic E-state index is 0. The molecule has 3 heteroatoms. The minimum Gasteiger partial charge on any atom is -1.00 e. The zero-order valence-corrected chi connectivity index (χ0v) is 14.8. The van der Waals surface area contributed by atoms with Gasteiger partial charge >= 0.3 is 26.2 Å². The Morgan fingerprint density at radius 1 is 1.06 bits per heavy atom. The number of fused-ring (bicyclic) bond motifs is 1. The van der Waals surface area contributed by atoms with Crippen LogP contribution in [0.2, 0.25) is 0 Å². The molecule has 0 heterocycles. The van der Waals surface area contributed by atoms with Gasteiger partial charge in [0.2, 0.25) is 0 Å². The Hall–Kier alpha value is 0.153. The molecule has 85 valence electrons. The summed E-state index contributed by atoms with van der Waals surface area (Å²) >= 11 is 0. The summed E-state index contributed by atoms with van der Waals surface area (Å²) < 4.78 is 0. The van der Waals surface area contributed by atoms with Crippen molar-refractivity contribution in [1.82, 2.24) is 0 Å². The maximum absolute atomic E-state index is 2.27. The summed E-state index contributed by atoms with van der Waals surface area (Å²) in [5, 5.41) is 2.69. The molecule has 0 unspecified atom stereocenters. The van der Waals surface area contributed by atoms with Crippen molar-refractivity contribution in [2.45, 2.75) is 6.42 Å². The van der Waals surface area contributed by atoms with E-state index >= 15 is 0 Å². The number of allylic oxidation sites excluding steroid dienone is 4. The molecule has 3 rings (SSSR count). The molecule has 2 aromatic carbocycles. The van der Waals surface area contributed by atoms with Crippen molar-refractivity contribution < 1.29 is 60.2 Å². The molecular weight excluding hydrogens is 419 g/mol. The summed E-state index contributed by atoms with van der Waals surface area (Å²) in [5.74, 6) is 0. The van der Waals surface area contributed by atoms with Gasteiger partial charge in [-0.2, -0.15) is 0 Å². The topological polar surface area (TPSA) is 0 Å². The Morgan fingerprint density at radius 2 is 1.82 bits per heavy atom. The van der Waals surface area contributed by atoms with Crippen LogP contribution in [-0.2, 0) is 26.2 Å². The molecule has 0 saturated carbocycles. The van der Waals surface area contributed by atoms with E-state index in [1.807, 2.05) is 0 Å². The molecule has 0 atom stereocenters. The molecule has 1 aliphatic carbocycles. The van der Waals surface area contributed by atoms with Gasteiger partial charge in [0.05, 0.1) is 0 Å². The van der Waals surface area contributed by atoms with Gasteiger partial charge < -0.3 is 34.0 Å². The van der Waals surface area contributed by atoms with E-state index in [-0.39, 0.29) is 60.2 Å². The first-order chi connectivity index (χ1) is 6.93. The smallest absolute Gasteiger partial charge is 1.00 e. The van der Waals surface area contributed by atoms with E-state index in [4.69, 9.17) is 0 Å². The van der Waals surface area contributed by atoms with E-state index in [9.17, 15) is 0 Å². The van der Waals surface area contributed by atoms with Gasteiger partial charge in [-0.1, -0.05) is 36.4 Å². The molecule has 1 aliphatic rings. The molecule has 0 fully saturated rings. The van der Waals surface area contributed by atoms with Crippen molar-refractivity contribution >= 4 is 16.3 Å². The SMILES string of the molecule is C1=CCC(c2cc3ccccc3[cH-]2)=C1.[Br-].[Br-].[Zr+3]. The quantitative estimate of drug-likeness (QED) is 0.456. The monoisotopic (exact) mass is 427 g/mol. The zero-order valence-electron chi connectivity index (χ0n) is 9.16. The van der Waals surface area contributed by atoms with Gasteiger partial charge in [0.15, 0.2) is 0 Å². The average Bonchev–Trinajstić information content (AvgIpc) is 2.86. The largest absolute Gasteiger partial charge is 3.00 e. The Kier molecular flexibility index (Phi) is 7.63. The number of halogens is 2. The van der Waals surface area contributed by atoms with Crippen LogP contribution in [0.1, 0.15) is 12.0 Å². The van der Waals surface area contributed by atoms with Crippen molar-refractivity contribution in [3.8, 4) is 0 Å². The molecule has 17 heavy (non-hydrogen) atoms. The van der Waals surface area contributed by atoms with Crippen LogP contribution < -0.4 is 34.0 Å². The molecule has 0 amide bonds. The van der Waals surface area contributed by atoms with E-state index < -0.39 is 0 Å². The summed E-state index contributed by atoms with van der Waals surface area (Å²) in [6.07, 6.45) is 7.62. The Bertz CT molecular complexity index is 505. The average molecular weight is 430 g/mol. The second-order valence-electron chi connectivity index (χ2n) is 3.70. The number of hydrogen-bond acceptors (Lipinski definition) is 0. The summed E-state index contributed by atoms with van der Waals surface area (Å²) in [7, 11) is 0. The predicted octanol–water partition coefficient (Wildman–Crippen LogP) is -2.09. The van der Waals surface area contributed by atoms with Crippen LogP contribution in [0, 0.1) is 0 Å². The van der Waals surface area contributed by atoms with E-state index in [1.165, 1.54) is 21.9 Å². The summed E-state index contributed by atoms with van der Waals surface area (Å²) in [4.78, 5) is 0. The van der Waals surface area contributed by atoms with Crippen LogP contribution >= 0.6 is 0 Å². The zero-order chi connectivity index (χ0) is 9.38. The van der Waals surface area contributed by atoms with Gasteiger partial charge in [-0.05, 0) is 6.42 Å². The Balaban J connectivity index is 0.000000853. The van der Waals surface area contributed by atoms with Crippen molar-refractivity contribution in [2.75, 3.05) is 0 Å². The summed E-state index contributed by atoms with van der Waals surface area (Å²) in [6, 6.07) is 13.1. The van der Waals surface area contributed by atoms with E-state index in [1.54, 1.807) is 0 Å². The number of benzene rings is 1. The van der Waals surface area contributed by atoms with Gasteiger partial charge in [0.1, 0.15) is 0 Å². The Morgan fingerprint density at radius 3 is 2.47 bits per heavy atom. The van der Waals surface area contributed by atoms with Gasteiger partial charge in [-0.15, -0.1) is 40.1 Å². The fraction of sp³-hybridized carbons (Fsp3) is 0.0714. The first kappa shape index (κ1) is 17.2. The van der Waals surface area contributed by atoms with Crippen LogP contribution in [0.3, 0.4) is 0 Å². The van der Waals surface area contributed by atoms with Crippen molar-refractivity contribution in [2.24, 2.45) is 0 Å². The van der Waals surface area contributed by atoms with E-state index in [2.05, 4.69) is 54.6 Å². The summed E-state index contributed by atoms with van der Waals surface area (Å²) in [5.41, 5.74) is 2.80. The molecule has 0 aromatic heterocycles. The van der Waals surface area contributed by atoms with Gasteiger partial charge in [0.25, 0.3) is 0 Å². The molecule has 0 spiro atoms. The van der Waals surface area contributed by atoms with Crippen LogP contribution in [0.25, 0.3) is 16.3 Å². The fourth-order valence-corrected chi connectivity index (χ4v) is 2.00. The first-order valence-electron chi connectivity index (χ1n) is 4.95. The molecular formula is C14H11Br2Zr. The van der Waals surface area contributed by atoms with Crippen molar-refractivity contribution in [3.63, 3.8) is 0 Å². The van der Waals surface area contributed by atoms with Crippen LogP contribution in [-0.4, -0.2) is 0 Å². The third-order valence-corrected chi connectivity index (χ3v) is 2.76. The second-order valence-corrected chi connectivity index (χ2v) is 3.70. The molecule has 0 nitrogen and oxygen atoms in total. The van der Waals surface area contributed by atoms with E-state index in [0.717, 1.165) is 6.42 Å². The maximum atomic E-state index is 2.27. The van der Waals surface area contributed by atoms with Crippen molar-refractivity contribution in [1.29, 1.82) is 0 Å². The molecule has 0 aliphatic heterocycles. The number of hydrogen-bond donors (Lipinski definition) is 0. The fourth-order valence-electron chi connectivity index (χ4n) is 2.00.